The largest absolute Gasteiger partial charge is 0.495 e. The van der Waals surface area contributed by atoms with Crippen molar-refractivity contribution in [2.45, 2.75) is 44.4 Å². The molecule has 7 heteroatoms. The molecule has 0 radical (unpaired) electrons. The first-order chi connectivity index (χ1) is 17.1. The number of allylic oxidation sites excluding steroid dienone is 4. The molecule has 0 fully saturated rings. The number of carbonyl (C=O) groups excluding carboxylic acids is 3. The molecule has 3 aliphatic rings. The number of amides is 1. The molecular weight excluding hydrogens is 444 g/mol. The van der Waals surface area contributed by atoms with E-state index in [-0.39, 0.29) is 24.1 Å². The van der Waals surface area contributed by atoms with E-state index in [1.165, 1.54) is 0 Å². The monoisotopic (exact) mass is 472 g/mol. The van der Waals surface area contributed by atoms with E-state index in [0.29, 0.717) is 41.2 Å². The van der Waals surface area contributed by atoms with E-state index in [2.05, 4.69) is 10.6 Å². The summed E-state index contributed by atoms with van der Waals surface area (Å²) in [5.41, 5.74) is 4.47. The third-order valence-corrected chi connectivity index (χ3v) is 6.76. The van der Waals surface area contributed by atoms with Crippen molar-refractivity contribution in [3.05, 3.63) is 76.6 Å². The van der Waals surface area contributed by atoms with Crippen LogP contribution in [0.15, 0.2) is 71.1 Å². The average Bonchev–Trinajstić information content (AvgIpc) is 2.87. The SMILES string of the molecule is COc1ccccc1NC(=O)COc1ccccc1C1C2=C(CCCC2=O)NC2=C1C(=O)CCC2. The fourth-order valence-corrected chi connectivity index (χ4v) is 5.22. The van der Waals surface area contributed by atoms with E-state index in [1.54, 1.807) is 25.3 Å². The molecule has 2 aromatic carbocycles. The quantitative estimate of drug-likeness (QED) is 0.647. The Morgan fingerprint density at radius 3 is 2.14 bits per heavy atom. The first-order valence-electron chi connectivity index (χ1n) is 12.0. The Kier molecular flexibility index (Phi) is 6.40. The number of rotatable bonds is 6. The molecule has 0 atom stereocenters. The number of benzene rings is 2. The van der Waals surface area contributed by atoms with Gasteiger partial charge >= 0.3 is 0 Å². The third kappa shape index (κ3) is 4.46. The summed E-state index contributed by atoms with van der Waals surface area (Å²) in [6.45, 7) is -0.222. The molecule has 2 aromatic rings. The van der Waals surface area contributed by atoms with Crippen LogP contribution in [0.1, 0.15) is 50.0 Å². The number of nitrogens with one attached hydrogen (secondary N) is 2. The van der Waals surface area contributed by atoms with Gasteiger partial charge in [-0.1, -0.05) is 30.3 Å². The van der Waals surface area contributed by atoms with Gasteiger partial charge in [0.1, 0.15) is 11.5 Å². The van der Waals surface area contributed by atoms with Crippen LogP contribution in [0, 0.1) is 0 Å². The molecule has 5 rings (SSSR count). The minimum Gasteiger partial charge on any atom is -0.495 e. The zero-order chi connectivity index (χ0) is 24.4. The second-order valence-electron chi connectivity index (χ2n) is 8.97. The van der Waals surface area contributed by atoms with E-state index in [9.17, 15) is 14.4 Å². The molecule has 1 amide bonds. The second-order valence-corrected chi connectivity index (χ2v) is 8.97. The lowest BCUT2D eigenvalue weighted by Crippen LogP contribution is -2.36. The first kappa shape index (κ1) is 22.9. The lowest BCUT2D eigenvalue weighted by Gasteiger charge is -2.37. The second kappa shape index (κ2) is 9.78. The van der Waals surface area contributed by atoms with Gasteiger partial charge in [0.05, 0.1) is 12.8 Å². The highest BCUT2D eigenvalue weighted by atomic mass is 16.5. The number of hydrogen-bond donors (Lipinski definition) is 2. The molecular formula is C28H28N2O5. The summed E-state index contributed by atoms with van der Waals surface area (Å²) in [7, 11) is 1.54. The van der Waals surface area contributed by atoms with Crippen LogP contribution in [0.2, 0.25) is 0 Å². The highest BCUT2D eigenvalue weighted by Gasteiger charge is 2.41. The zero-order valence-electron chi connectivity index (χ0n) is 19.7. The Balaban J connectivity index is 1.45. The van der Waals surface area contributed by atoms with Gasteiger partial charge < -0.3 is 20.1 Å². The van der Waals surface area contributed by atoms with E-state index in [0.717, 1.165) is 42.6 Å². The number of Topliss-reactive ketones (excluding diaryl/α,β-unsaturated/α-hetero) is 2. The fourth-order valence-electron chi connectivity index (χ4n) is 5.22. The van der Waals surface area contributed by atoms with E-state index in [1.807, 2.05) is 30.3 Å². The van der Waals surface area contributed by atoms with E-state index in [4.69, 9.17) is 9.47 Å². The number of para-hydroxylation sites is 3. The molecule has 1 aliphatic heterocycles. The summed E-state index contributed by atoms with van der Waals surface area (Å²) in [6, 6.07) is 14.5. The lowest BCUT2D eigenvalue weighted by atomic mass is 9.71. The zero-order valence-corrected chi connectivity index (χ0v) is 19.7. The molecule has 0 saturated carbocycles. The average molecular weight is 473 g/mol. The van der Waals surface area contributed by atoms with Crippen LogP contribution in [-0.2, 0) is 14.4 Å². The minimum absolute atomic E-state index is 0.0670. The maximum Gasteiger partial charge on any atom is 0.262 e. The van der Waals surface area contributed by atoms with E-state index < -0.39 is 5.92 Å². The molecule has 2 N–H and O–H groups in total. The van der Waals surface area contributed by atoms with Crippen molar-refractivity contribution in [3.63, 3.8) is 0 Å². The summed E-state index contributed by atoms with van der Waals surface area (Å²) in [5, 5.41) is 6.24. The van der Waals surface area contributed by atoms with Crippen molar-refractivity contribution in [2.24, 2.45) is 0 Å². The Morgan fingerprint density at radius 2 is 1.49 bits per heavy atom. The summed E-state index contributed by atoms with van der Waals surface area (Å²) in [4.78, 5) is 38.8. The third-order valence-electron chi connectivity index (χ3n) is 6.76. The maximum absolute atomic E-state index is 13.1. The van der Waals surface area contributed by atoms with Crippen LogP contribution in [0.5, 0.6) is 11.5 Å². The van der Waals surface area contributed by atoms with Crippen LogP contribution in [0.3, 0.4) is 0 Å². The van der Waals surface area contributed by atoms with Gasteiger partial charge in [0.25, 0.3) is 5.91 Å². The van der Waals surface area contributed by atoms with Gasteiger partial charge in [0.2, 0.25) is 0 Å². The van der Waals surface area contributed by atoms with Crippen molar-refractivity contribution >= 4 is 23.2 Å². The highest BCUT2D eigenvalue weighted by Crippen LogP contribution is 2.47. The highest BCUT2D eigenvalue weighted by molar-refractivity contribution is 6.06. The summed E-state index contributed by atoms with van der Waals surface area (Å²) in [5.74, 6) is 0.369. The van der Waals surface area contributed by atoms with Crippen molar-refractivity contribution < 1.29 is 23.9 Å². The Hall–Kier alpha value is -3.87. The molecule has 7 nitrogen and oxygen atoms in total. The molecule has 35 heavy (non-hydrogen) atoms. The molecule has 0 bridgehead atoms. The Morgan fingerprint density at radius 1 is 0.886 bits per heavy atom. The number of methoxy groups -OCH3 is 1. The summed E-state index contributed by atoms with van der Waals surface area (Å²) < 4.78 is 11.3. The minimum atomic E-state index is -0.477. The van der Waals surface area contributed by atoms with Crippen LogP contribution >= 0.6 is 0 Å². The van der Waals surface area contributed by atoms with Crippen molar-refractivity contribution in [1.82, 2.24) is 5.32 Å². The molecule has 1 heterocycles. The smallest absolute Gasteiger partial charge is 0.262 e. The molecule has 180 valence electrons. The number of ketones is 2. The van der Waals surface area contributed by atoms with Crippen molar-refractivity contribution in [3.8, 4) is 11.5 Å². The van der Waals surface area contributed by atoms with Gasteiger partial charge in [-0.3, -0.25) is 14.4 Å². The van der Waals surface area contributed by atoms with Gasteiger partial charge in [-0.25, -0.2) is 0 Å². The van der Waals surface area contributed by atoms with Gasteiger partial charge in [0.15, 0.2) is 18.2 Å². The summed E-state index contributed by atoms with van der Waals surface area (Å²) in [6.07, 6.45) is 4.11. The summed E-state index contributed by atoms with van der Waals surface area (Å²) >= 11 is 0. The topological polar surface area (TPSA) is 93.7 Å². The van der Waals surface area contributed by atoms with Crippen LogP contribution in [-0.4, -0.2) is 31.2 Å². The number of carbonyl (C=O) groups is 3. The molecule has 0 spiro atoms. The lowest BCUT2D eigenvalue weighted by molar-refractivity contribution is -0.119. The van der Waals surface area contributed by atoms with Gasteiger partial charge in [0, 0.05) is 46.9 Å². The number of ether oxygens (including phenoxy) is 2. The van der Waals surface area contributed by atoms with Crippen LogP contribution in [0.4, 0.5) is 5.69 Å². The van der Waals surface area contributed by atoms with Crippen LogP contribution in [0.25, 0.3) is 0 Å². The fraction of sp³-hybridized carbons (Fsp3) is 0.321. The van der Waals surface area contributed by atoms with Gasteiger partial charge in [-0.2, -0.15) is 0 Å². The first-order valence-corrected chi connectivity index (χ1v) is 12.0. The molecule has 0 unspecified atom stereocenters. The molecule has 2 aliphatic carbocycles. The van der Waals surface area contributed by atoms with Crippen LogP contribution < -0.4 is 20.1 Å². The van der Waals surface area contributed by atoms with Crippen molar-refractivity contribution in [2.75, 3.05) is 19.0 Å². The maximum atomic E-state index is 13.1. The predicted octanol–water partition coefficient (Wildman–Crippen LogP) is 4.41. The number of anilines is 1. The predicted molar refractivity (Wildman–Crippen MR) is 131 cm³/mol. The molecule has 0 aromatic heterocycles. The molecule has 0 saturated heterocycles. The van der Waals surface area contributed by atoms with Gasteiger partial charge in [-0.05, 0) is 43.9 Å². The Bertz CT molecular complexity index is 1220. The van der Waals surface area contributed by atoms with Gasteiger partial charge in [-0.15, -0.1) is 0 Å². The number of dihydropyridines is 1. The van der Waals surface area contributed by atoms with E-state index >= 15 is 0 Å². The number of hydrogen-bond acceptors (Lipinski definition) is 6. The standard InChI is InChI=1S/C28H28N2O5/c1-34-24-15-5-3-9-18(24)30-25(33)16-35-23-14-4-2-8-17(23)26-27-19(10-6-12-21(27)31)29-20-11-7-13-22(32)28(20)26/h2-5,8-9,14-15,26,29H,6-7,10-13,16H2,1H3,(H,30,33). The normalized spacial score (nSPS) is 18.0. The Labute approximate surface area is 204 Å². The van der Waals surface area contributed by atoms with Crippen molar-refractivity contribution in [1.29, 1.82) is 0 Å².